The molecule has 2 heterocycles. The van der Waals surface area contributed by atoms with E-state index in [1.165, 1.54) is 10.8 Å². The fraction of sp³-hybridized carbons (Fsp3) is 0.167. The fourth-order valence-electron chi connectivity index (χ4n) is 6.59. The Balaban J connectivity index is 1.27. The van der Waals surface area contributed by atoms with Crippen molar-refractivity contribution in [2.24, 2.45) is 0 Å². The van der Waals surface area contributed by atoms with Gasteiger partial charge in [-0.2, -0.15) is 4.57 Å². The molecule has 0 spiro atoms. The summed E-state index contributed by atoms with van der Waals surface area (Å²) in [4.78, 5) is 40.6. The van der Waals surface area contributed by atoms with Crippen LogP contribution in [-0.2, 0) is 26.4 Å². The first-order chi connectivity index (χ1) is 25.0. The van der Waals surface area contributed by atoms with Crippen LogP contribution in [-0.4, -0.2) is 33.9 Å². The van der Waals surface area contributed by atoms with Crippen LogP contribution in [0.4, 0.5) is 0 Å². The highest BCUT2D eigenvalue weighted by molar-refractivity contribution is 14.1. The van der Waals surface area contributed by atoms with Gasteiger partial charge in [0.15, 0.2) is 0 Å². The van der Waals surface area contributed by atoms with Crippen LogP contribution in [0.3, 0.4) is 0 Å². The summed E-state index contributed by atoms with van der Waals surface area (Å²) in [6.45, 7) is 0.417. The topological polar surface area (TPSA) is 88.8 Å². The zero-order valence-electron chi connectivity index (χ0n) is 27.6. The quantitative estimate of drug-likeness (QED) is 0.102. The van der Waals surface area contributed by atoms with Crippen LogP contribution >= 0.6 is 22.6 Å². The van der Waals surface area contributed by atoms with Gasteiger partial charge in [-0.1, -0.05) is 140 Å². The second kappa shape index (κ2) is 15.5. The van der Waals surface area contributed by atoms with Crippen molar-refractivity contribution in [2.75, 3.05) is 6.61 Å². The van der Waals surface area contributed by atoms with Gasteiger partial charge in [0.25, 0.3) is 11.5 Å². The Morgan fingerprint density at radius 3 is 1.75 bits per heavy atom. The summed E-state index contributed by atoms with van der Waals surface area (Å²) in [6.07, 6.45) is -0.224. The molecular weight excluding hydrogens is 755 g/mol. The van der Waals surface area contributed by atoms with Gasteiger partial charge < -0.3 is 14.2 Å². The Morgan fingerprint density at radius 2 is 1.22 bits per heavy atom. The molecule has 0 amide bonds. The van der Waals surface area contributed by atoms with Gasteiger partial charge >= 0.3 is 5.69 Å². The summed E-state index contributed by atoms with van der Waals surface area (Å²) in [6, 6.07) is 48.3. The normalized spacial score (nSPS) is 17.3. The van der Waals surface area contributed by atoms with Crippen LogP contribution < -0.4 is 11.2 Å². The van der Waals surface area contributed by atoms with Crippen LogP contribution in [0.25, 0.3) is 0 Å². The van der Waals surface area contributed by atoms with Crippen molar-refractivity contribution in [2.45, 2.75) is 37.1 Å². The van der Waals surface area contributed by atoms with Crippen molar-refractivity contribution in [1.82, 2.24) is 9.13 Å². The molecule has 256 valence electrons. The number of carbonyl (C=O) groups excluding carboxylic acids is 1. The molecule has 1 aromatic heterocycles. The molecule has 0 saturated carbocycles. The second-order valence-corrected chi connectivity index (χ2v) is 13.4. The Kier molecular flexibility index (Phi) is 10.5. The first kappa shape index (κ1) is 34.5. The van der Waals surface area contributed by atoms with Crippen LogP contribution in [0.15, 0.2) is 167 Å². The summed E-state index contributed by atoms with van der Waals surface area (Å²) >= 11 is 1.86. The summed E-state index contributed by atoms with van der Waals surface area (Å²) in [5.74, 6) is -0.703. The minimum atomic E-state index is -1.00. The highest BCUT2D eigenvalue weighted by atomic mass is 127. The maximum Gasteiger partial charge on any atom is 0.340 e. The number of aromatic nitrogens is 2. The SMILES string of the molecule is O=C(c1ccccc1)n1c(=O)c(I)cn([C@H]2C[C@H](OCc3ccccc3)[C@@H](COC(c3ccccc3)(c3ccccc3)c3ccccc3)O2)c1=O. The lowest BCUT2D eigenvalue weighted by Gasteiger charge is -2.37. The summed E-state index contributed by atoms with van der Waals surface area (Å²) in [5.41, 5.74) is 1.57. The van der Waals surface area contributed by atoms with E-state index in [9.17, 15) is 14.4 Å². The van der Waals surface area contributed by atoms with Gasteiger partial charge in [-0.05, 0) is 57.0 Å². The third-order valence-electron chi connectivity index (χ3n) is 9.10. The molecule has 7 rings (SSSR count). The molecule has 1 fully saturated rings. The molecule has 51 heavy (non-hydrogen) atoms. The second-order valence-electron chi connectivity index (χ2n) is 12.3. The van der Waals surface area contributed by atoms with Crippen molar-refractivity contribution < 1.29 is 19.0 Å². The lowest BCUT2D eigenvalue weighted by atomic mass is 9.80. The molecule has 8 nitrogen and oxygen atoms in total. The lowest BCUT2D eigenvalue weighted by Crippen LogP contribution is -2.45. The van der Waals surface area contributed by atoms with Gasteiger partial charge in [0, 0.05) is 18.2 Å². The van der Waals surface area contributed by atoms with Gasteiger partial charge in [-0.25, -0.2) is 4.79 Å². The highest BCUT2D eigenvalue weighted by Crippen LogP contribution is 2.42. The van der Waals surface area contributed by atoms with Crippen molar-refractivity contribution >= 4 is 28.5 Å². The summed E-state index contributed by atoms with van der Waals surface area (Å²) < 4.78 is 22.5. The molecule has 9 heteroatoms. The molecule has 0 bridgehead atoms. The van der Waals surface area contributed by atoms with E-state index < -0.39 is 41.2 Å². The summed E-state index contributed by atoms with van der Waals surface area (Å²) in [5, 5.41) is 0. The van der Waals surface area contributed by atoms with Crippen molar-refractivity contribution in [1.29, 1.82) is 0 Å². The summed E-state index contributed by atoms with van der Waals surface area (Å²) in [7, 11) is 0. The van der Waals surface area contributed by atoms with E-state index in [4.69, 9.17) is 14.2 Å². The number of benzene rings is 5. The highest BCUT2D eigenvalue weighted by Gasteiger charge is 2.43. The van der Waals surface area contributed by atoms with Gasteiger partial charge in [-0.3, -0.25) is 14.2 Å². The number of ether oxygens (including phenoxy) is 3. The first-order valence-corrected chi connectivity index (χ1v) is 17.8. The van der Waals surface area contributed by atoms with Crippen LogP contribution in [0.1, 0.15) is 45.3 Å². The van der Waals surface area contributed by atoms with E-state index in [1.807, 2.05) is 108 Å². The minimum Gasteiger partial charge on any atom is -0.371 e. The molecule has 5 aromatic carbocycles. The average molecular weight is 791 g/mol. The number of nitrogens with zero attached hydrogens (tertiary/aromatic N) is 2. The largest absolute Gasteiger partial charge is 0.371 e. The molecule has 0 N–H and O–H groups in total. The monoisotopic (exact) mass is 790 g/mol. The van der Waals surface area contributed by atoms with E-state index in [0.717, 1.165) is 22.3 Å². The standard InChI is InChI=1S/C42H35IN2O6/c43-35-27-44(41(48)45(40(35)47)39(46)31-18-8-2-9-19-31)38-26-36(49-28-30-16-6-1-7-17-30)37(51-38)29-50-42(32-20-10-3-11-21-32,33-22-12-4-13-23-33)34-24-14-5-15-25-34/h1-25,27,36-38H,26,28-29H2/t36-,37+,38+/m0/s1. The predicted molar refractivity (Wildman–Crippen MR) is 203 cm³/mol. The molecule has 1 aliphatic heterocycles. The Morgan fingerprint density at radius 1 is 0.725 bits per heavy atom. The van der Waals surface area contributed by atoms with Crippen molar-refractivity contribution in [3.63, 3.8) is 0 Å². The number of halogens is 1. The van der Waals surface area contributed by atoms with Gasteiger partial charge in [0.1, 0.15) is 17.9 Å². The first-order valence-electron chi connectivity index (χ1n) is 16.7. The maximum absolute atomic E-state index is 14.0. The van der Waals surface area contributed by atoms with Crippen LogP contribution in [0, 0.1) is 3.57 Å². The van der Waals surface area contributed by atoms with Crippen LogP contribution in [0.2, 0.25) is 0 Å². The van der Waals surface area contributed by atoms with Crippen molar-refractivity contribution in [3.05, 3.63) is 210 Å². The number of hydrogen-bond acceptors (Lipinski definition) is 6. The van der Waals surface area contributed by atoms with Gasteiger partial charge in [0.05, 0.1) is 22.9 Å². The zero-order chi connectivity index (χ0) is 35.2. The number of hydrogen-bond donors (Lipinski definition) is 0. The molecule has 1 aliphatic rings. The number of carbonyl (C=O) groups is 1. The van der Waals surface area contributed by atoms with E-state index in [-0.39, 0.29) is 22.2 Å². The Labute approximate surface area is 309 Å². The molecule has 6 aromatic rings. The molecule has 0 aliphatic carbocycles. The van der Waals surface area contributed by atoms with Crippen molar-refractivity contribution in [3.8, 4) is 0 Å². The number of rotatable bonds is 11. The minimum absolute atomic E-state index is 0.100. The van der Waals surface area contributed by atoms with Crippen LogP contribution in [0.5, 0.6) is 0 Å². The van der Waals surface area contributed by atoms with E-state index >= 15 is 0 Å². The molecule has 3 atom stereocenters. The Bertz CT molecular complexity index is 2100. The van der Waals surface area contributed by atoms with Gasteiger partial charge in [-0.15, -0.1) is 0 Å². The predicted octanol–water partition coefficient (Wildman–Crippen LogP) is 7.18. The third-order valence-corrected chi connectivity index (χ3v) is 9.84. The molecule has 0 unspecified atom stereocenters. The smallest absolute Gasteiger partial charge is 0.340 e. The fourth-order valence-corrected chi connectivity index (χ4v) is 7.13. The molecule has 0 radical (unpaired) electrons. The average Bonchev–Trinajstić information content (AvgIpc) is 3.60. The van der Waals surface area contributed by atoms with E-state index in [2.05, 4.69) is 36.4 Å². The van der Waals surface area contributed by atoms with E-state index in [1.54, 1.807) is 30.3 Å². The molecule has 1 saturated heterocycles. The lowest BCUT2D eigenvalue weighted by molar-refractivity contribution is -0.106. The Hall–Kier alpha value is -4.94. The third kappa shape index (κ3) is 7.15. The zero-order valence-corrected chi connectivity index (χ0v) is 29.7. The maximum atomic E-state index is 14.0. The van der Waals surface area contributed by atoms with E-state index in [0.29, 0.717) is 11.2 Å². The van der Waals surface area contributed by atoms with Gasteiger partial charge in [0.2, 0.25) is 0 Å². The molecular formula is C42H35IN2O6.